The Morgan fingerprint density at radius 2 is 2.41 bits per heavy atom. The smallest absolute Gasteiger partial charge is 0.221 e. The number of nitriles is 1. The number of rotatable bonds is 4. The summed E-state index contributed by atoms with van der Waals surface area (Å²) in [5.41, 5.74) is -0.807. The van der Waals surface area contributed by atoms with Crippen LogP contribution in [0.2, 0.25) is 0 Å². The lowest BCUT2D eigenvalue weighted by molar-refractivity contribution is -0.132. The maximum Gasteiger partial charge on any atom is 0.221 e. The van der Waals surface area contributed by atoms with Crippen molar-refractivity contribution in [2.24, 2.45) is 5.92 Å². The van der Waals surface area contributed by atoms with Gasteiger partial charge in [-0.3, -0.25) is 14.8 Å². The number of carbonyl (C=O) groups excluding carboxylic acids is 1. The fourth-order valence-corrected chi connectivity index (χ4v) is 3.84. The van der Waals surface area contributed by atoms with Crippen LogP contribution in [0.3, 0.4) is 0 Å². The van der Waals surface area contributed by atoms with Gasteiger partial charge in [-0.25, -0.2) is 4.98 Å². The summed E-state index contributed by atoms with van der Waals surface area (Å²) in [6, 6.07) is 2.65. The van der Waals surface area contributed by atoms with Crippen molar-refractivity contribution in [3.05, 3.63) is 12.7 Å². The van der Waals surface area contributed by atoms with Gasteiger partial charge < -0.3 is 4.90 Å². The van der Waals surface area contributed by atoms with E-state index in [1.165, 1.54) is 0 Å². The van der Waals surface area contributed by atoms with Gasteiger partial charge >= 0.3 is 0 Å². The van der Waals surface area contributed by atoms with Gasteiger partial charge in [-0.2, -0.15) is 10.4 Å². The summed E-state index contributed by atoms with van der Waals surface area (Å²) in [5.74, 6) is 0.519. The summed E-state index contributed by atoms with van der Waals surface area (Å²) >= 11 is 0. The average Bonchev–Trinajstić information content (AvgIpc) is 3.21. The van der Waals surface area contributed by atoms with Gasteiger partial charge in [-0.15, -0.1) is 0 Å². The molecule has 1 saturated heterocycles. The van der Waals surface area contributed by atoms with Crippen molar-refractivity contribution in [1.82, 2.24) is 25.0 Å². The Hall–Kier alpha value is -1.94. The molecule has 3 unspecified atom stereocenters. The van der Waals surface area contributed by atoms with Crippen molar-refractivity contribution in [2.75, 3.05) is 6.54 Å². The normalized spacial score (nSPS) is 31.4. The molecule has 1 aliphatic heterocycles. The summed E-state index contributed by atoms with van der Waals surface area (Å²) < 4.78 is 1.87. The van der Waals surface area contributed by atoms with Crippen molar-refractivity contribution in [1.29, 1.82) is 5.26 Å². The topological polar surface area (TPSA) is 86.8 Å². The second-order valence-corrected chi connectivity index (χ2v) is 6.38. The highest BCUT2D eigenvalue weighted by atomic mass is 16.2. The molecule has 1 N–H and O–H groups in total. The Balaban J connectivity index is 1.61. The Labute approximate surface area is 130 Å². The van der Waals surface area contributed by atoms with E-state index in [4.69, 9.17) is 0 Å². The van der Waals surface area contributed by atoms with Gasteiger partial charge in [0.25, 0.3) is 0 Å². The number of aromatic nitrogens is 3. The fourth-order valence-electron chi connectivity index (χ4n) is 3.84. The first-order valence-corrected chi connectivity index (χ1v) is 7.92. The van der Waals surface area contributed by atoms with Crippen LogP contribution in [0, 0.1) is 17.2 Å². The van der Waals surface area contributed by atoms with E-state index in [1.807, 2.05) is 4.68 Å². The monoisotopic (exact) mass is 302 g/mol. The summed E-state index contributed by atoms with van der Waals surface area (Å²) in [6.45, 7) is 3.08. The van der Waals surface area contributed by atoms with Gasteiger partial charge in [0.15, 0.2) is 5.66 Å². The number of hydrogen-bond donors (Lipinski definition) is 1. The lowest BCUT2D eigenvalue weighted by Crippen LogP contribution is -2.58. The van der Waals surface area contributed by atoms with Crippen molar-refractivity contribution in [3.8, 4) is 6.07 Å². The van der Waals surface area contributed by atoms with Crippen LogP contribution < -0.4 is 5.32 Å². The van der Waals surface area contributed by atoms with Crippen LogP contribution in [-0.4, -0.2) is 43.8 Å². The second kappa shape index (κ2) is 6.05. The first-order valence-electron chi connectivity index (χ1n) is 7.92. The first kappa shape index (κ1) is 15.0. The standard InChI is InChI=1S/C15H22N6O/c1-12(22)21-6-2-5-15(21,9-16)19-14-4-3-13(7-14)8-20-11-17-10-18-20/h10-11,13-14,19H,2-8H2,1H3. The molecule has 1 aliphatic carbocycles. The van der Waals surface area contributed by atoms with Gasteiger partial charge in [0, 0.05) is 26.1 Å². The van der Waals surface area contributed by atoms with E-state index in [1.54, 1.807) is 24.5 Å². The van der Waals surface area contributed by atoms with Gasteiger partial charge in [0.1, 0.15) is 18.7 Å². The van der Waals surface area contributed by atoms with Crippen molar-refractivity contribution >= 4 is 5.91 Å². The third kappa shape index (κ3) is 2.83. The van der Waals surface area contributed by atoms with E-state index in [-0.39, 0.29) is 11.9 Å². The summed E-state index contributed by atoms with van der Waals surface area (Å²) in [5, 5.41) is 17.3. The van der Waals surface area contributed by atoms with E-state index >= 15 is 0 Å². The minimum absolute atomic E-state index is 0.0243. The average molecular weight is 302 g/mol. The molecule has 2 heterocycles. The third-order valence-corrected chi connectivity index (χ3v) is 4.84. The molecule has 0 spiro atoms. The van der Waals surface area contributed by atoms with E-state index in [9.17, 15) is 10.1 Å². The minimum atomic E-state index is -0.807. The number of amides is 1. The molecule has 1 aromatic rings. The molecule has 118 valence electrons. The zero-order chi connectivity index (χ0) is 15.6. The first-order chi connectivity index (χ1) is 10.6. The highest BCUT2D eigenvalue weighted by Crippen LogP contribution is 2.32. The number of likely N-dealkylation sites (tertiary alicyclic amines) is 1. The largest absolute Gasteiger partial charge is 0.312 e. The van der Waals surface area contributed by atoms with Crippen LogP contribution in [0.5, 0.6) is 0 Å². The summed E-state index contributed by atoms with van der Waals surface area (Å²) in [4.78, 5) is 17.4. The van der Waals surface area contributed by atoms with Crippen LogP contribution in [0.25, 0.3) is 0 Å². The van der Waals surface area contributed by atoms with Crippen LogP contribution in [0.1, 0.15) is 39.0 Å². The van der Waals surface area contributed by atoms with Crippen LogP contribution in [-0.2, 0) is 11.3 Å². The molecule has 22 heavy (non-hydrogen) atoms. The summed E-state index contributed by atoms with van der Waals surface area (Å²) in [7, 11) is 0. The highest BCUT2D eigenvalue weighted by molar-refractivity contribution is 5.75. The number of hydrogen-bond acceptors (Lipinski definition) is 5. The van der Waals surface area contributed by atoms with Gasteiger partial charge in [-0.1, -0.05) is 0 Å². The SMILES string of the molecule is CC(=O)N1CCCC1(C#N)NC1CCC(Cn2cncn2)C1. The van der Waals surface area contributed by atoms with Gasteiger partial charge in [0.2, 0.25) is 5.91 Å². The van der Waals surface area contributed by atoms with E-state index in [0.717, 1.165) is 32.2 Å². The van der Waals surface area contributed by atoms with E-state index < -0.39 is 5.66 Å². The highest BCUT2D eigenvalue weighted by Gasteiger charge is 2.45. The van der Waals surface area contributed by atoms with E-state index in [0.29, 0.717) is 18.9 Å². The molecular weight excluding hydrogens is 280 g/mol. The zero-order valence-corrected chi connectivity index (χ0v) is 12.9. The molecule has 0 aromatic carbocycles. The van der Waals surface area contributed by atoms with Crippen molar-refractivity contribution in [3.63, 3.8) is 0 Å². The lowest BCUT2D eigenvalue weighted by Gasteiger charge is -2.35. The number of carbonyl (C=O) groups is 1. The lowest BCUT2D eigenvalue weighted by atomic mass is 10.0. The van der Waals surface area contributed by atoms with Crippen molar-refractivity contribution < 1.29 is 4.79 Å². The Kier molecular flexibility index (Phi) is 4.12. The maximum absolute atomic E-state index is 11.8. The maximum atomic E-state index is 11.8. The molecule has 1 aromatic heterocycles. The molecule has 1 saturated carbocycles. The van der Waals surface area contributed by atoms with Crippen molar-refractivity contribution in [2.45, 2.75) is 57.3 Å². The number of nitrogens with one attached hydrogen (secondary N) is 1. The summed E-state index contributed by atoms with van der Waals surface area (Å²) in [6.07, 6.45) is 8.05. The molecule has 1 amide bonds. The molecule has 7 heteroatoms. The molecular formula is C15H22N6O. The zero-order valence-electron chi connectivity index (χ0n) is 12.9. The molecule has 3 rings (SSSR count). The Bertz CT molecular complexity index is 565. The van der Waals surface area contributed by atoms with E-state index in [2.05, 4.69) is 21.5 Å². The predicted molar refractivity (Wildman–Crippen MR) is 79.3 cm³/mol. The Morgan fingerprint density at radius 1 is 1.55 bits per heavy atom. The molecule has 2 aliphatic rings. The molecule has 7 nitrogen and oxygen atoms in total. The molecule has 0 bridgehead atoms. The van der Waals surface area contributed by atoms with Crippen LogP contribution >= 0.6 is 0 Å². The Morgan fingerprint density at radius 3 is 3.09 bits per heavy atom. The van der Waals surface area contributed by atoms with Crippen LogP contribution in [0.15, 0.2) is 12.7 Å². The predicted octanol–water partition coefficient (Wildman–Crippen LogP) is 0.899. The fraction of sp³-hybridized carbons (Fsp3) is 0.733. The molecule has 3 atom stereocenters. The number of nitrogens with zero attached hydrogens (tertiary/aromatic N) is 5. The third-order valence-electron chi connectivity index (χ3n) is 4.84. The van der Waals surface area contributed by atoms with Gasteiger partial charge in [0.05, 0.1) is 0 Å². The van der Waals surface area contributed by atoms with Crippen LogP contribution in [0.4, 0.5) is 0 Å². The van der Waals surface area contributed by atoms with Gasteiger partial charge in [-0.05, 0) is 38.0 Å². The quantitative estimate of drug-likeness (QED) is 0.893. The molecule has 0 radical (unpaired) electrons. The second-order valence-electron chi connectivity index (χ2n) is 6.38. The minimum Gasteiger partial charge on any atom is -0.312 e. The molecule has 2 fully saturated rings.